The normalized spacial score (nSPS) is 10.5. The first-order chi connectivity index (χ1) is 10.6. The first kappa shape index (κ1) is 16.7. The number of hydrogen-bond donors (Lipinski definition) is 1. The fourth-order valence-electron chi connectivity index (χ4n) is 2.18. The number of rotatable bonds is 7. The average Bonchev–Trinajstić information content (AvgIpc) is 2.49. The Kier molecular flexibility index (Phi) is 6.10. The van der Waals surface area contributed by atoms with Crippen molar-refractivity contribution in [1.82, 2.24) is 0 Å². The lowest BCUT2D eigenvalue weighted by Gasteiger charge is -2.15. The van der Waals surface area contributed by atoms with Crippen LogP contribution in [0.2, 0.25) is 5.02 Å². The molecule has 2 N–H and O–H groups in total. The fourth-order valence-corrected chi connectivity index (χ4v) is 2.46. The zero-order chi connectivity index (χ0) is 15.9. The summed E-state index contributed by atoms with van der Waals surface area (Å²) in [5.74, 6) is 1.26. The van der Waals surface area contributed by atoms with Gasteiger partial charge in [-0.1, -0.05) is 41.4 Å². The Morgan fingerprint density at radius 3 is 2.41 bits per heavy atom. The molecule has 0 aliphatic rings. The summed E-state index contributed by atoms with van der Waals surface area (Å²) in [5, 5.41) is 0.557. The molecule has 2 rings (SSSR count). The van der Waals surface area contributed by atoms with Gasteiger partial charge in [-0.05, 0) is 50.1 Å². The number of nitrogens with two attached hydrogens (primary N) is 1. The van der Waals surface area contributed by atoms with Gasteiger partial charge in [-0.25, -0.2) is 0 Å². The Balaban J connectivity index is 2.19. The second-order valence-corrected chi connectivity index (χ2v) is 5.56. The highest BCUT2D eigenvalue weighted by atomic mass is 35.5. The van der Waals surface area contributed by atoms with Gasteiger partial charge in [0, 0.05) is 0 Å². The largest absolute Gasteiger partial charge is 0.490 e. The Morgan fingerprint density at radius 2 is 1.77 bits per heavy atom. The maximum atomic E-state index is 6.35. The molecule has 0 fully saturated rings. The lowest BCUT2D eigenvalue weighted by atomic mass is 10.1. The molecule has 0 saturated carbocycles. The molecule has 0 aliphatic heterocycles. The highest BCUT2D eigenvalue weighted by molar-refractivity contribution is 6.32. The molecular formula is C18H22ClNO2. The Bertz CT molecular complexity index is 611. The molecule has 2 aromatic carbocycles. The number of aryl methyl sites for hydroxylation is 1. The topological polar surface area (TPSA) is 44.5 Å². The van der Waals surface area contributed by atoms with Gasteiger partial charge in [-0.15, -0.1) is 0 Å². The molecule has 118 valence electrons. The summed E-state index contributed by atoms with van der Waals surface area (Å²) in [6.45, 7) is 5.59. The second kappa shape index (κ2) is 8.06. The monoisotopic (exact) mass is 319 g/mol. The molecular weight excluding hydrogens is 298 g/mol. The van der Waals surface area contributed by atoms with Gasteiger partial charge in [0.05, 0.1) is 11.6 Å². The molecule has 0 amide bonds. The number of ether oxygens (including phenoxy) is 2. The van der Waals surface area contributed by atoms with Gasteiger partial charge in [0.25, 0.3) is 0 Å². The summed E-state index contributed by atoms with van der Waals surface area (Å²) in [5.41, 5.74) is 8.98. The van der Waals surface area contributed by atoms with E-state index in [-0.39, 0.29) is 0 Å². The van der Waals surface area contributed by atoms with Crippen molar-refractivity contribution in [3.63, 3.8) is 0 Å². The zero-order valence-corrected chi connectivity index (χ0v) is 13.8. The highest BCUT2D eigenvalue weighted by Gasteiger charge is 2.12. The minimum absolute atomic E-state index is 0.455. The summed E-state index contributed by atoms with van der Waals surface area (Å²) >= 11 is 6.35. The van der Waals surface area contributed by atoms with Gasteiger partial charge < -0.3 is 15.2 Å². The first-order valence-corrected chi connectivity index (χ1v) is 7.85. The van der Waals surface area contributed by atoms with Crippen molar-refractivity contribution in [2.24, 2.45) is 5.73 Å². The molecule has 2 aromatic rings. The van der Waals surface area contributed by atoms with Crippen molar-refractivity contribution in [2.45, 2.75) is 26.9 Å². The van der Waals surface area contributed by atoms with Crippen molar-refractivity contribution in [3.8, 4) is 11.5 Å². The van der Waals surface area contributed by atoms with Gasteiger partial charge in [-0.2, -0.15) is 0 Å². The first-order valence-electron chi connectivity index (χ1n) is 7.47. The van der Waals surface area contributed by atoms with E-state index in [9.17, 15) is 0 Å². The molecule has 3 nitrogen and oxygen atoms in total. The average molecular weight is 320 g/mol. The molecule has 0 atom stereocenters. The standard InChI is InChI=1S/C18H22ClNO2/c1-3-21-17-11-15(8-9-20)10-16(19)18(17)22-12-14-6-4-13(2)5-7-14/h4-7,10-11H,3,8-9,12,20H2,1-2H3. The van der Waals surface area contributed by atoms with Crippen LogP contribution in [0.4, 0.5) is 0 Å². The Hall–Kier alpha value is -1.71. The van der Waals surface area contributed by atoms with E-state index in [1.54, 1.807) is 0 Å². The molecule has 0 unspecified atom stereocenters. The Labute approximate surface area is 137 Å². The van der Waals surface area contributed by atoms with E-state index in [4.69, 9.17) is 26.8 Å². The van der Waals surface area contributed by atoms with Gasteiger partial charge in [-0.3, -0.25) is 0 Å². The Morgan fingerprint density at radius 1 is 1.05 bits per heavy atom. The van der Waals surface area contributed by atoms with Crippen LogP contribution in [0, 0.1) is 6.92 Å². The van der Waals surface area contributed by atoms with Crippen LogP contribution in [0.1, 0.15) is 23.6 Å². The molecule has 0 radical (unpaired) electrons. The van der Waals surface area contributed by atoms with E-state index in [0.717, 1.165) is 17.5 Å². The summed E-state index contributed by atoms with van der Waals surface area (Å²) in [6.07, 6.45) is 0.762. The maximum Gasteiger partial charge on any atom is 0.180 e. The van der Waals surface area contributed by atoms with Gasteiger partial charge in [0.15, 0.2) is 11.5 Å². The molecule has 4 heteroatoms. The third-order valence-electron chi connectivity index (χ3n) is 3.31. The van der Waals surface area contributed by atoms with Crippen LogP contribution in [-0.4, -0.2) is 13.2 Å². The van der Waals surface area contributed by atoms with E-state index in [0.29, 0.717) is 36.3 Å². The molecule has 0 aliphatic carbocycles. The fraction of sp³-hybridized carbons (Fsp3) is 0.333. The van der Waals surface area contributed by atoms with Gasteiger partial charge in [0.1, 0.15) is 6.61 Å². The number of halogens is 1. The molecule has 0 saturated heterocycles. The molecule has 22 heavy (non-hydrogen) atoms. The predicted molar refractivity (Wildman–Crippen MR) is 90.9 cm³/mol. The van der Waals surface area contributed by atoms with Crippen LogP contribution in [0.3, 0.4) is 0 Å². The summed E-state index contributed by atoms with van der Waals surface area (Å²) < 4.78 is 11.6. The van der Waals surface area contributed by atoms with Crippen LogP contribution >= 0.6 is 11.6 Å². The van der Waals surface area contributed by atoms with Gasteiger partial charge >= 0.3 is 0 Å². The number of benzene rings is 2. The molecule has 0 aromatic heterocycles. The van der Waals surface area contributed by atoms with Crippen molar-refractivity contribution >= 4 is 11.6 Å². The van der Waals surface area contributed by atoms with E-state index < -0.39 is 0 Å². The minimum Gasteiger partial charge on any atom is -0.490 e. The predicted octanol–water partition coefficient (Wildman–Crippen LogP) is 4.13. The summed E-state index contributed by atoms with van der Waals surface area (Å²) in [7, 11) is 0. The van der Waals surface area contributed by atoms with Crippen molar-refractivity contribution in [1.29, 1.82) is 0 Å². The molecule has 0 spiro atoms. The van der Waals surface area contributed by atoms with E-state index in [1.165, 1.54) is 5.56 Å². The third kappa shape index (κ3) is 4.39. The van der Waals surface area contributed by atoms with E-state index in [1.807, 2.05) is 31.2 Å². The smallest absolute Gasteiger partial charge is 0.180 e. The molecule has 0 heterocycles. The number of hydrogen-bond acceptors (Lipinski definition) is 3. The lowest BCUT2D eigenvalue weighted by molar-refractivity contribution is 0.269. The van der Waals surface area contributed by atoms with Crippen LogP contribution in [0.15, 0.2) is 36.4 Å². The summed E-state index contributed by atoms with van der Waals surface area (Å²) in [6, 6.07) is 12.1. The maximum absolute atomic E-state index is 6.35. The van der Waals surface area contributed by atoms with Crippen LogP contribution in [-0.2, 0) is 13.0 Å². The van der Waals surface area contributed by atoms with Crippen molar-refractivity contribution < 1.29 is 9.47 Å². The minimum atomic E-state index is 0.455. The zero-order valence-electron chi connectivity index (χ0n) is 13.1. The SMILES string of the molecule is CCOc1cc(CCN)cc(Cl)c1OCc1ccc(C)cc1. The van der Waals surface area contributed by atoms with Crippen LogP contribution < -0.4 is 15.2 Å². The van der Waals surface area contributed by atoms with Gasteiger partial charge in [0.2, 0.25) is 0 Å². The van der Waals surface area contributed by atoms with Crippen LogP contribution in [0.5, 0.6) is 11.5 Å². The van der Waals surface area contributed by atoms with E-state index >= 15 is 0 Å². The second-order valence-electron chi connectivity index (χ2n) is 5.15. The summed E-state index contributed by atoms with van der Waals surface area (Å²) in [4.78, 5) is 0. The third-order valence-corrected chi connectivity index (χ3v) is 3.59. The van der Waals surface area contributed by atoms with E-state index in [2.05, 4.69) is 19.1 Å². The lowest BCUT2D eigenvalue weighted by Crippen LogP contribution is -2.05. The quantitative estimate of drug-likeness (QED) is 0.834. The highest BCUT2D eigenvalue weighted by Crippen LogP contribution is 2.37. The van der Waals surface area contributed by atoms with Crippen molar-refractivity contribution in [2.75, 3.05) is 13.2 Å². The van der Waals surface area contributed by atoms with Crippen LogP contribution in [0.25, 0.3) is 0 Å². The van der Waals surface area contributed by atoms with Crippen molar-refractivity contribution in [3.05, 3.63) is 58.1 Å². The molecule has 0 bridgehead atoms.